The molecule has 2 amide bonds. The molecule has 1 saturated heterocycles. The quantitative estimate of drug-likeness (QED) is 0.826. The van der Waals surface area contributed by atoms with E-state index in [-0.39, 0.29) is 17.6 Å². The third kappa shape index (κ3) is 6.22. The minimum absolute atomic E-state index is 0.0480. The Labute approximate surface area is 149 Å². The first-order valence-electron chi connectivity index (χ1n) is 7.20. The third-order valence-corrected chi connectivity index (χ3v) is 4.82. The second-order valence-electron chi connectivity index (χ2n) is 5.00. The molecule has 5 nitrogen and oxygen atoms in total. The maximum Gasteiger partial charge on any atom is 0.232 e. The molecule has 0 spiro atoms. The predicted molar refractivity (Wildman–Crippen MR) is 93.0 cm³/mol. The number of hydrogen-bond donors (Lipinski definition) is 1. The summed E-state index contributed by atoms with van der Waals surface area (Å²) in [6, 6.07) is 5.14. The first-order chi connectivity index (χ1) is 11.1. The Balaban J connectivity index is 1.65. The van der Waals surface area contributed by atoms with Gasteiger partial charge in [-0.2, -0.15) is 0 Å². The molecule has 0 saturated carbocycles. The van der Waals surface area contributed by atoms with Gasteiger partial charge in [-0.25, -0.2) is 0 Å². The van der Waals surface area contributed by atoms with Gasteiger partial charge in [0.1, 0.15) is 0 Å². The van der Waals surface area contributed by atoms with Crippen molar-refractivity contribution >= 4 is 46.8 Å². The van der Waals surface area contributed by atoms with E-state index in [2.05, 4.69) is 5.32 Å². The number of morpholine rings is 1. The van der Waals surface area contributed by atoms with Crippen LogP contribution in [0.15, 0.2) is 18.2 Å². The second kappa shape index (κ2) is 9.37. The molecule has 1 aliphatic rings. The van der Waals surface area contributed by atoms with E-state index < -0.39 is 0 Å². The Morgan fingerprint density at radius 2 is 1.96 bits per heavy atom. The van der Waals surface area contributed by atoms with Crippen LogP contribution >= 0.6 is 35.0 Å². The van der Waals surface area contributed by atoms with Crippen molar-refractivity contribution in [2.45, 2.75) is 6.54 Å². The van der Waals surface area contributed by atoms with Gasteiger partial charge in [0.05, 0.1) is 24.7 Å². The summed E-state index contributed by atoms with van der Waals surface area (Å²) in [5, 5.41) is 3.86. The molecular weight excluding hydrogens is 359 g/mol. The van der Waals surface area contributed by atoms with Crippen molar-refractivity contribution in [3.05, 3.63) is 33.8 Å². The minimum Gasteiger partial charge on any atom is -0.378 e. The number of thioether (sulfide) groups is 1. The van der Waals surface area contributed by atoms with Crippen LogP contribution in [-0.4, -0.2) is 54.5 Å². The summed E-state index contributed by atoms with van der Waals surface area (Å²) in [4.78, 5) is 25.5. The van der Waals surface area contributed by atoms with Gasteiger partial charge in [-0.1, -0.05) is 29.3 Å². The number of benzene rings is 1. The topological polar surface area (TPSA) is 58.6 Å². The summed E-state index contributed by atoms with van der Waals surface area (Å²) in [5.74, 6) is 0.457. The smallest absolute Gasteiger partial charge is 0.232 e. The molecule has 8 heteroatoms. The Morgan fingerprint density at radius 3 is 2.65 bits per heavy atom. The largest absolute Gasteiger partial charge is 0.378 e. The highest BCUT2D eigenvalue weighted by atomic mass is 35.5. The summed E-state index contributed by atoms with van der Waals surface area (Å²) in [6.45, 7) is 2.76. The molecule has 1 heterocycles. The van der Waals surface area contributed by atoms with Crippen molar-refractivity contribution in [1.82, 2.24) is 10.2 Å². The highest BCUT2D eigenvalue weighted by Crippen LogP contribution is 2.20. The average molecular weight is 377 g/mol. The number of amides is 2. The third-order valence-electron chi connectivity index (χ3n) is 3.31. The van der Waals surface area contributed by atoms with Crippen molar-refractivity contribution in [3.8, 4) is 0 Å². The molecule has 0 atom stereocenters. The molecule has 0 bridgehead atoms. The molecule has 2 rings (SSSR count). The van der Waals surface area contributed by atoms with Crippen molar-refractivity contribution in [3.63, 3.8) is 0 Å². The fourth-order valence-electron chi connectivity index (χ4n) is 2.04. The number of carbonyl (C=O) groups excluding carboxylic acids is 2. The normalized spacial score (nSPS) is 14.6. The lowest BCUT2D eigenvalue weighted by atomic mass is 10.2. The first kappa shape index (κ1) is 18.4. The summed E-state index contributed by atoms with van der Waals surface area (Å²) < 4.78 is 5.20. The summed E-state index contributed by atoms with van der Waals surface area (Å²) in [5.41, 5.74) is 0.804. The fraction of sp³-hybridized carbons (Fsp3) is 0.467. The van der Waals surface area contributed by atoms with Crippen molar-refractivity contribution < 1.29 is 14.3 Å². The zero-order chi connectivity index (χ0) is 16.7. The Morgan fingerprint density at radius 1 is 1.22 bits per heavy atom. The standard InChI is InChI=1S/C15H18Cl2N2O3S/c16-12-2-1-11(13(17)7-12)8-18-14(20)9-23-10-15(21)19-3-5-22-6-4-19/h1-2,7H,3-6,8-10H2,(H,18,20). The lowest BCUT2D eigenvalue weighted by Crippen LogP contribution is -2.41. The zero-order valence-electron chi connectivity index (χ0n) is 12.5. The van der Waals surface area contributed by atoms with Crippen LogP contribution in [0.1, 0.15) is 5.56 Å². The van der Waals surface area contributed by atoms with E-state index in [4.69, 9.17) is 27.9 Å². The lowest BCUT2D eigenvalue weighted by Gasteiger charge is -2.26. The van der Waals surface area contributed by atoms with E-state index in [1.54, 1.807) is 23.1 Å². The molecule has 1 fully saturated rings. The number of nitrogens with one attached hydrogen (secondary N) is 1. The van der Waals surface area contributed by atoms with Crippen molar-refractivity contribution in [1.29, 1.82) is 0 Å². The van der Waals surface area contributed by atoms with Crippen LogP contribution < -0.4 is 5.32 Å². The molecule has 0 radical (unpaired) electrons. The van der Waals surface area contributed by atoms with Crippen molar-refractivity contribution in [2.75, 3.05) is 37.8 Å². The molecule has 0 aromatic heterocycles. The molecule has 0 aliphatic carbocycles. The van der Waals surface area contributed by atoms with Crippen LogP contribution in [0.3, 0.4) is 0 Å². The molecule has 23 heavy (non-hydrogen) atoms. The van der Waals surface area contributed by atoms with Gasteiger partial charge in [-0.3, -0.25) is 9.59 Å². The van der Waals surface area contributed by atoms with E-state index in [0.29, 0.717) is 48.6 Å². The van der Waals surface area contributed by atoms with E-state index in [1.807, 2.05) is 0 Å². The molecule has 1 aromatic carbocycles. The lowest BCUT2D eigenvalue weighted by molar-refractivity contribution is -0.132. The fourth-order valence-corrected chi connectivity index (χ4v) is 3.27. The van der Waals surface area contributed by atoms with Gasteiger partial charge in [0.15, 0.2) is 0 Å². The number of rotatable bonds is 6. The van der Waals surface area contributed by atoms with Crippen LogP contribution in [0.4, 0.5) is 0 Å². The molecule has 1 aromatic rings. The molecule has 0 unspecified atom stereocenters. The van der Waals surface area contributed by atoms with Gasteiger partial charge in [0.25, 0.3) is 0 Å². The number of ether oxygens (including phenoxy) is 1. The predicted octanol–water partition coefficient (Wildman–Crippen LogP) is 2.20. The van der Waals surface area contributed by atoms with Gasteiger partial charge in [-0.15, -0.1) is 11.8 Å². The highest BCUT2D eigenvalue weighted by molar-refractivity contribution is 8.00. The number of nitrogens with zero attached hydrogens (tertiary/aromatic N) is 1. The van der Waals surface area contributed by atoms with Crippen molar-refractivity contribution in [2.24, 2.45) is 0 Å². The summed E-state index contributed by atoms with van der Waals surface area (Å²) in [6.07, 6.45) is 0. The molecule has 1 N–H and O–H groups in total. The zero-order valence-corrected chi connectivity index (χ0v) is 14.8. The minimum atomic E-state index is -0.129. The molecule has 1 aliphatic heterocycles. The van der Waals surface area contributed by atoms with Crippen LogP contribution in [0, 0.1) is 0 Å². The number of halogens is 2. The Bertz CT molecular complexity index is 566. The van der Waals surface area contributed by atoms with Crippen LogP contribution in [-0.2, 0) is 20.9 Å². The number of carbonyl (C=O) groups is 2. The maximum absolute atomic E-state index is 11.9. The molecular formula is C15H18Cl2N2O3S. The Hall–Kier alpha value is -0.950. The van der Waals surface area contributed by atoms with Crippen LogP contribution in [0.5, 0.6) is 0 Å². The van der Waals surface area contributed by atoms with Gasteiger partial charge < -0.3 is 15.0 Å². The molecule has 126 valence electrons. The monoisotopic (exact) mass is 376 g/mol. The SMILES string of the molecule is O=C(CSCC(=O)N1CCOCC1)NCc1ccc(Cl)cc1Cl. The van der Waals surface area contributed by atoms with Gasteiger partial charge in [0.2, 0.25) is 11.8 Å². The van der Waals surface area contributed by atoms with Gasteiger partial charge in [0, 0.05) is 29.7 Å². The maximum atomic E-state index is 11.9. The van der Waals surface area contributed by atoms with Crippen LogP contribution in [0.25, 0.3) is 0 Å². The second-order valence-corrected chi connectivity index (χ2v) is 6.83. The first-order valence-corrected chi connectivity index (χ1v) is 9.11. The van der Waals surface area contributed by atoms with Crippen LogP contribution in [0.2, 0.25) is 10.0 Å². The van der Waals surface area contributed by atoms with Gasteiger partial charge in [-0.05, 0) is 17.7 Å². The summed E-state index contributed by atoms with van der Waals surface area (Å²) >= 11 is 13.2. The van der Waals surface area contributed by atoms with E-state index in [9.17, 15) is 9.59 Å². The number of hydrogen-bond acceptors (Lipinski definition) is 4. The average Bonchev–Trinajstić information content (AvgIpc) is 2.54. The van der Waals surface area contributed by atoms with E-state index in [1.165, 1.54) is 11.8 Å². The van der Waals surface area contributed by atoms with E-state index in [0.717, 1.165) is 5.56 Å². The summed E-state index contributed by atoms with van der Waals surface area (Å²) in [7, 11) is 0. The Kier molecular flexibility index (Phi) is 7.49. The highest BCUT2D eigenvalue weighted by Gasteiger charge is 2.16. The van der Waals surface area contributed by atoms with Gasteiger partial charge >= 0.3 is 0 Å². The van der Waals surface area contributed by atoms with E-state index >= 15 is 0 Å².